The molecule has 0 amide bonds. The fraction of sp³-hybridized carbons (Fsp3) is 0.414. The van der Waals surface area contributed by atoms with E-state index < -0.39 is 41.8 Å². The summed E-state index contributed by atoms with van der Waals surface area (Å²) in [5.74, 6) is -3.28. The van der Waals surface area contributed by atoms with Crippen LogP contribution in [-0.4, -0.2) is 85.5 Å². The topological polar surface area (TPSA) is 162 Å². The minimum Gasteiger partial charge on any atom is -0.422 e. The van der Waals surface area contributed by atoms with Gasteiger partial charge in [-0.05, 0) is 59.0 Å². The van der Waals surface area contributed by atoms with Gasteiger partial charge in [-0.1, -0.05) is 30.3 Å². The number of carbonyl (C=O) groups excluding carboxylic acids is 1. The number of hydrogen-bond donors (Lipinski definition) is 6. The molecule has 39 heavy (non-hydrogen) atoms. The second-order valence-corrected chi connectivity index (χ2v) is 10.5. The zero-order valence-electron chi connectivity index (χ0n) is 21.1. The number of carbonyl (C=O) groups is 1. The Hall–Kier alpha value is -3.09. The third-order valence-corrected chi connectivity index (χ3v) is 8.00. The Kier molecular flexibility index (Phi) is 6.59. The maximum atomic E-state index is 13.5. The molecule has 1 saturated heterocycles. The molecule has 6 N–H and O–H groups in total. The van der Waals surface area contributed by atoms with E-state index in [-0.39, 0.29) is 44.6 Å². The lowest BCUT2D eigenvalue weighted by Gasteiger charge is -2.39. The first-order valence-corrected chi connectivity index (χ1v) is 13.1. The SMILES string of the molecule is O=C(Oc1c[nH]c2ccc3cc4ccccc4cc3c12)C1OC(O)(C2(O)CCC(O)C2)C(O)C1OCCCO. The van der Waals surface area contributed by atoms with Crippen LogP contribution in [0.25, 0.3) is 32.4 Å². The summed E-state index contributed by atoms with van der Waals surface area (Å²) >= 11 is 0. The second kappa shape index (κ2) is 9.83. The van der Waals surface area contributed by atoms with Crippen LogP contribution in [0.2, 0.25) is 0 Å². The minimum absolute atomic E-state index is 0.0344. The molecule has 1 aliphatic carbocycles. The molecule has 0 radical (unpaired) electrons. The Morgan fingerprint density at radius 2 is 1.85 bits per heavy atom. The minimum atomic E-state index is -2.58. The fourth-order valence-electron chi connectivity index (χ4n) is 5.93. The normalized spacial score (nSPS) is 31.0. The summed E-state index contributed by atoms with van der Waals surface area (Å²) in [5, 5.41) is 57.3. The van der Waals surface area contributed by atoms with Gasteiger partial charge >= 0.3 is 5.97 Å². The maximum Gasteiger partial charge on any atom is 0.343 e. The van der Waals surface area contributed by atoms with E-state index in [9.17, 15) is 25.2 Å². The summed E-state index contributed by atoms with van der Waals surface area (Å²) in [7, 11) is 0. The van der Waals surface area contributed by atoms with Gasteiger partial charge in [0.25, 0.3) is 0 Å². The van der Waals surface area contributed by atoms with Crippen LogP contribution in [0, 0.1) is 0 Å². The number of ether oxygens (including phenoxy) is 3. The van der Waals surface area contributed by atoms with E-state index in [1.54, 1.807) is 6.20 Å². The monoisotopic (exact) mass is 537 g/mol. The molecule has 3 aromatic carbocycles. The number of aliphatic hydroxyl groups is 5. The molecule has 206 valence electrons. The summed E-state index contributed by atoms with van der Waals surface area (Å²) in [5.41, 5.74) is -1.26. The number of aromatic nitrogens is 1. The third kappa shape index (κ3) is 4.29. The van der Waals surface area contributed by atoms with Crippen LogP contribution >= 0.6 is 0 Å². The number of hydrogen-bond acceptors (Lipinski definition) is 9. The standard InChI is InChI=1S/C29H31NO9/c31-10-3-11-37-24-25(39-29(36,26(24)33)28(35)9-8-19(32)14-28)27(34)38-22-15-30-21-7-6-18-12-16-4-1-2-5-17(16)13-20(18)23(21)22/h1-2,4-7,12-13,15,19,24-26,30-33,35-36H,3,8-11,14H2. The van der Waals surface area contributed by atoms with E-state index >= 15 is 0 Å². The molecule has 2 heterocycles. The smallest absolute Gasteiger partial charge is 0.343 e. The summed E-state index contributed by atoms with van der Waals surface area (Å²) in [6.45, 7) is -0.219. The van der Waals surface area contributed by atoms with Crippen LogP contribution in [0.3, 0.4) is 0 Å². The largest absolute Gasteiger partial charge is 0.422 e. The second-order valence-electron chi connectivity index (χ2n) is 10.5. The van der Waals surface area contributed by atoms with Gasteiger partial charge in [0.2, 0.25) is 5.79 Å². The predicted octanol–water partition coefficient (Wildman–Crippen LogP) is 1.87. The van der Waals surface area contributed by atoms with Crippen LogP contribution in [0.5, 0.6) is 5.75 Å². The summed E-state index contributed by atoms with van der Waals surface area (Å²) in [4.78, 5) is 16.6. The van der Waals surface area contributed by atoms with Crippen LogP contribution in [0.15, 0.2) is 54.7 Å². The molecular formula is C29H31NO9. The van der Waals surface area contributed by atoms with Crippen LogP contribution in [-0.2, 0) is 14.3 Å². The molecule has 6 unspecified atom stereocenters. The van der Waals surface area contributed by atoms with E-state index in [2.05, 4.69) is 11.1 Å². The van der Waals surface area contributed by atoms with Gasteiger partial charge in [0.05, 0.1) is 11.5 Å². The molecule has 6 rings (SSSR count). The van der Waals surface area contributed by atoms with E-state index in [4.69, 9.17) is 19.3 Å². The maximum absolute atomic E-state index is 13.5. The lowest BCUT2D eigenvalue weighted by Crippen LogP contribution is -2.60. The Labute approximate surface area is 223 Å². The molecule has 1 aliphatic heterocycles. The molecule has 0 bridgehead atoms. The number of aliphatic hydroxyl groups excluding tert-OH is 3. The fourth-order valence-corrected chi connectivity index (χ4v) is 5.93. The number of H-pyrrole nitrogens is 1. The number of fused-ring (bicyclic) bond motifs is 4. The molecule has 2 aliphatic rings. The highest BCUT2D eigenvalue weighted by Crippen LogP contribution is 2.47. The first-order valence-electron chi connectivity index (χ1n) is 13.1. The number of benzene rings is 3. The number of rotatable bonds is 7. The Balaban J connectivity index is 1.35. The molecule has 2 fully saturated rings. The van der Waals surface area contributed by atoms with Crippen molar-refractivity contribution >= 4 is 38.4 Å². The van der Waals surface area contributed by atoms with Crippen LogP contribution < -0.4 is 4.74 Å². The zero-order valence-corrected chi connectivity index (χ0v) is 21.1. The highest BCUT2D eigenvalue weighted by Gasteiger charge is 2.68. The molecule has 10 nitrogen and oxygen atoms in total. The summed E-state index contributed by atoms with van der Waals surface area (Å²) < 4.78 is 17.1. The number of nitrogens with one attached hydrogen (secondary N) is 1. The highest BCUT2D eigenvalue weighted by molar-refractivity contribution is 6.14. The van der Waals surface area contributed by atoms with Gasteiger partial charge in [-0.15, -0.1) is 0 Å². The average molecular weight is 538 g/mol. The Morgan fingerprint density at radius 3 is 2.56 bits per heavy atom. The average Bonchev–Trinajstić information content (AvgIpc) is 3.58. The lowest BCUT2D eigenvalue weighted by molar-refractivity contribution is -0.314. The molecule has 4 aromatic rings. The van der Waals surface area contributed by atoms with Gasteiger partial charge in [-0.25, -0.2) is 4.79 Å². The number of esters is 1. The van der Waals surface area contributed by atoms with Crippen molar-refractivity contribution in [3.63, 3.8) is 0 Å². The van der Waals surface area contributed by atoms with Gasteiger partial charge in [-0.2, -0.15) is 0 Å². The summed E-state index contributed by atoms with van der Waals surface area (Å²) in [6.07, 6.45) is -4.02. The van der Waals surface area contributed by atoms with E-state index in [0.717, 1.165) is 27.1 Å². The van der Waals surface area contributed by atoms with Crippen molar-refractivity contribution in [3.05, 3.63) is 54.7 Å². The first kappa shape index (κ1) is 26.1. The van der Waals surface area contributed by atoms with Crippen molar-refractivity contribution in [2.75, 3.05) is 13.2 Å². The molecule has 10 heteroatoms. The Morgan fingerprint density at radius 1 is 1.08 bits per heavy atom. The summed E-state index contributed by atoms with van der Waals surface area (Å²) in [6, 6.07) is 15.9. The Bertz CT molecular complexity index is 1540. The van der Waals surface area contributed by atoms with Crippen molar-refractivity contribution in [2.45, 2.75) is 61.5 Å². The van der Waals surface area contributed by atoms with Crippen LogP contribution in [0.4, 0.5) is 0 Å². The highest BCUT2D eigenvalue weighted by atomic mass is 16.7. The van der Waals surface area contributed by atoms with E-state index in [0.29, 0.717) is 5.39 Å². The van der Waals surface area contributed by atoms with Gasteiger partial charge in [0.1, 0.15) is 17.8 Å². The van der Waals surface area contributed by atoms with Crippen LogP contribution in [0.1, 0.15) is 25.7 Å². The van der Waals surface area contributed by atoms with Gasteiger partial charge in [-0.3, -0.25) is 0 Å². The van der Waals surface area contributed by atoms with Crippen molar-refractivity contribution in [1.29, 1.82) is 0 Å². The molecular weight excluding hydrogens is 506 g/mol. The first-order chi connectivity index (χ1) is 18.7. The molecule has 1 aromatic heterocycles. The van der Waals surface area contributed by atoms with Gasteiger partial charge in [0, 0.05) is 31.3 Å². The van der Waals surface area contributed by atoms with Crippen molar-refractivity contribution in [3.8, 4) is 5.75 Å². The molecule has 0 spiro atoms. The molecule has 1 saturated carbocycles. The van der Waals surface area contributed by atoms with Gasteiger partial charge < -0.3 is 44.7 Å². The quantitative estimate of drug-likeness (QED) is 0.117. The molecule has 6 atom stereocenters. The zero-order chi connectivity index (χ0) is 27.4. The predicted molar refractivity (Wildman–Crippen MR) is 141 cm³/mol. The van der Waals surface area contributed by atoms with Gasteiger partial charge in [0.15, 0.2) is 11.9 Å². The van der Waals surface area contributed by atoms with Crippen molar-refractivity contribution in [1.82, 2.24) is 4.98 Å². The third-order valence-electron chi connectivity index (χ3n) is 8.00. The van der Waals surface area contributed by atoms with Crippen molar-refractivity contribution < 1.29 is 44.5 Å². The lowest BCUT2D eigenvalue weighted by atomic mass is 9.86. The van der Waals surface area contributed by atoms with Crippen molar-refractivity contribution in [2.24, 2.45) is 0 Å². The number of aromatic amines is 1. The van der Waals surface area contributed by atoms with E-state index in [1.165, 1.54) is 0 Å². The van der Waals surface area contributed by atoms with E-state index in [1.807, 2.05) is 42.5 Å².